The van der Waals surface area contributed by atoms with Gasteiger partial charge >= 0.3 is 0 Å². The third kappa shape index (κ3) is 1.45. The zero-order chi connectivity index (χ0) is 11.9. The lowest BCUT2D eigenvalue weighted by atomic mass is 9.94. The minimum Gasteiger partial charge on any atom is -0.381 e. The number of fused-ring (bicyclic) bond motifs is 2. The summed E-state index contributed by atoms with van der Waals surface area (Å²) in [6.45, 7) is 0. The van der Waals surface area contributed by atoms with E-state index in [0.717, 1.165) is 6.42 Å². The van der Waals surface area contributed by atoms with Crippen LogP contribution >= 0.6 is 0 Å². The van der Waals surface area contributed by atoms with Crippen molar-refractivity contribution in [2.24, 2.45) is 0 Å². The summed E-state index contributed by atoms with van der Waals surface area (Å²) < 4.78 is 0. The predicted molar refractivity (Wildman–Crippen MR) is 72.9 cm³/mol. The molecule has 4 rings (SSSR count). The molecule has 0 fully saturated rings. The SMILES string of the molecule is c1ccc2c(c1)CC(C1CCc3cccnc31)N2. The number of anilines is 1. The molecule has 18 heavy (non-hydrogen) atoms. The van der Waals surface area contributed by atoms with Crippen LogP contribution in [0.4, 0.5) is 5.69 Å². The zero-order valence-corrected chi connectivity index (χ0v) is 10.3. The lowest BCUT2D eigenvalue weighted by Crippen LogP contribution is -2.24. The molecule has 1 N–H and O–H groups in total. The zero-order valence-electron chi connectivity index (χ0n) is 10.3. The Balaban J connectivity index is 1.65. The van der Waals surface area contributed by atoms with Crippen molar-refractivity contribution in [2.45, 2.75) is 31.2 Å². The van der Waals surface area contributed by atoms with Gasteiger partial charge in [0, 0.05) is 29.5 Å². The number of benzene rings is 1. The molecule has 1 aromatic heterocycles. The highest BCUT2D eigenvalue weighted by molar-refractivity contribution is 5.57. The Morgan fingerprint density at radius 1 is 1.06 bits per heavy atom. The molecule has 2 aliphatic rings. The fraction of sp³-hybridized carbons (Fsp3) is 0.312. The van der Waals surface area contributed by atoms with Gasteiger partial charge in [-0.05, 0) is 42.5 Å². The van der Waals surface area contributed by atoms with Crippen molar-refractivity contribution in [3.63, 3.8) is 0 Å². The number of aromatic nitrogens is 1. The van der Waals surface area contributed by atoms with Crippen molar-refractivity contribution in [1.29, 1.82) is 0 Å². The molecule has 0 bridgehead atoms. The number of pyridine rings is 1. The van der Waals surface area contributed by atoms with Gasteiger partial charge in [-0.25, -0.2) is 0 Å². The molecular formula is C16H16N2. The third-order valence-electron chi connectivity index (χ3n) is 4.29. The molecule has 0 saturated carbocycles. The lowest BCUT2D eigenvalue weighted by Gasteiger charge is -2.19. The average molecular weight is 236 g/mol. The second kappa shape index (κ2) is 3.84. The van der Waals surface area contributed by atoms with Gasteiger partial charge < -0.3 is 5.32 Å². The van der Waals surface area contributed by atoms with E-state index in [1.807, 2.05) is 6.20 Å². The number of hydrogen-bond acceptors (Lipinski definition) is 2. The molecule has 0 spiro atoms. The fourth-order valence-corrected chi connectivity index (χ4v) is 3.41. The molecule has 0 radical (unpaired) electrons. The number of nitrogens with one attached hydrogen (secondary N) is 1. The molecule has 1 aromatic carbocycles. The maximum atomic E-state index is 4.61. The third-order valence-corrected chi connectivity index (χ3v) is 4.29. The second-order valence-corrected chi connectivity index (χ2v) is 5.31. The van der Waals surface area contributed by atoms with Gasteiger partial charge in [0.1, 0.15) is 0 Å². The van der Waals surface area contributed by atoms with Gasteiger partial charge in [-0.1, -0.05) is 24.3 Å². The molecule has 2 heterocycles. The Labute approximate surface area is 107 Å². The van der Waals surface area contributed by atoms with Gasteiger partial charge in [0.25, 0.3) is 0 Å². The summed E-state index contributed by atoms with van der Waals surface area (Å²) >= 11 is 0. The maximum absolute atomic E-state index is 4.61. The molecule has 1 aliphatic heterocycles. The molecule has 2 nitrogen and oxygen atoms in total. The highest BCUT2D eigenvalue weighted by Gasteiger charge is 2.34. The summed E-state index contributed by atoms with van der Waals surface area (Å²) in [7, 11) is 0. The van der Waals surface area contributed by atoms with E-state index < -0.39 is 0 Å². The van der Waals surface area contributed by atoms with Crippen molar-refractivity contribution in [3.05, 3.63) is 59.4 Å². The normalized spacial score (nSPS) is 24.4. The van der Waals surface area contributed by atoms with Crippen molar-refractivity contribution < 1.29 is 0 Å². The molecule has 90 valence electrons. The van der Waals surface area contributed by atoms with Gasteiger partial charge in [-0.3, -0.25) is 4.98 Å². The van der Waals surface area contributed by atoms with Crippen LogP contribution in [-0.2, 0) is 12.8 Å². The van der Waals surface area contributed by atoms with Crippen LogP contribution in [0.3, 0.4) is 0 Å². The van der Waals surface area contributed by atoms with Crippen molar-refractivity contribution in [3.8, 4) is 0 Å². The number of hydrogen-bond donors (Lipinski definition) is 1. The molecule has 1 aliphatic carbocycles. The van der Waals surface area contributed by atoms with Crippen LogP contribution < -0.4 is 5.32 Å². The van der Waals surface area contributed by atoms with E-state index in [9.17, 15) is 0 Å². The van der Waals surface area contributed by atoms with Crippen LogP contribution in [0.5, 0.6) is 0 Å². The molecule has 2 unspecified atom stereocenters. The molecule has 0 amide bonds. The first-order chi connectivity index (χ1) is 8.92. The summed E-state index contributed by atoms with van der Waals surface area (Å²) in [6, 6.07) is 13.5. The molecule has 2 aromatic rings. The van der Waals surface area contributed by atoms with Crippen LogP contribution in [0, 0.1) is 0 Å². The summed E-state index contributed by atoms with van der Waals surface area (Å²) in [5.74, 6) is 0.577. The van der Waals surface area contributed by atoms with E-state index in [1.165, 1.54) is 35.3 Å². The van der Waals surface area contributed by atoms with Gasteiger partial charge in [-0.2, -0.15) is 0 Å². The van der Waals surface area contributed by atoms with Gasteiger partial charge in [0.2, 0.25) is 0 Å². The summed E-state index contributed by atoms with van der Waals surface area (Å²) in [5.41, 5.74) is 5.53. The van der Waals surface area contributed by atoms with E-state index in [4.69, 9.17) is 0 Å². The summed E-state index contributed by atoms with van der Waals surface area (Å²) in [5, 5.41) is 3.68. The minimum absolute atomic E-state index is 0.526. The fourth-order valence-electron chi connectivity index (χ4n) is 3.41. The first-order valence-electron chi connectivity index (χ1n) is 6.70. The van der Waals surface area contributed by atoms with Crippen LogP contribution in [0.1, 0.15) is 29.2 Å². The van der Waals surface area contributed by atoms with Crippen LogP contribution in [-0.4, -0.2) is 11.0 Å². The van der Waals surface area contributed by atoms with Crippen molar-refractivity contribution in [2.75, 3.05) is 5.32 Å². The average Bonchev–Trinajstić information content (AvgIpc) is 3.02. The Kier molecular flexibility index (Phi) is 2.16. The highest BCUT2D eigenvalue weighted by atomic mass is 15.0. The predicted octanol–water partition coefficient (Wildman–Crippen LogP) is 3.15. The van der Waals surface area contributed by atoms with Gasteiger partial charge in [-0.15, -0.1) is 0 Å². The first kappa shape index (κ1) is 10.1. The number of nitrogens with zero attached hydrogens (tertiary/aromatic N) is 1. The Morgan fingerprint density at radius 2 is 1.94 bits per heavy atom. The molecule has 2 heteroatoms. The number of rotatable bonds is 1. The summed E-state index contributed by atoms with van der Waals surface area (Å²) in [6.07, 6.45) is 5.48. The molecule has 2 atom stereocenters. The largest absolute Gasteiger partial charge is 0.381 e. The van der Waals surface area contributed by atoms with Gasteiger partial charge in [0.05, 0.1) is 0 Å². The van der Waals surface area contributed by atoms with Crippen LogP contribution in [0.25, 0.3) is 0 Å². The van der Waals surface area contributed by atoms with E-state index in [1.54, 1.807) is 0 Å². The van der Waals surface area contributed by atoms with E-state index in [2.05, 4.69) is 46.7 Å². The second-order valence-electron chi connectivity index (χ2n) is 5.31. The Bertz CT molecular complexity index is 566. The highest BCUT2D eigenvalue weighted by Crippen LogP contribution is 2.39. The maximum Gasteiger partial charge on any atom is 0.0487 e. The van der Waals surface area contributed by atoms with Crippen LogP contribution in [0.15, 0.2) is 42.6 Å². The molecular weight excluding hydrogens is 220 g/mol. The number of aryl methyl sites for hydroxylation is 1. The van der Waals surface area contributed by atoms with E-state index in [-0.39, 0.29) is 0 Å². The standard InChI is InChI=1S/C16H16N2/c1-2-6-14-12(4-1)10-15(18-14)13-8-7-11-5-3-9-17-16(11)13/h1-6,9,13,15,18H,7-8,10H2. The van der Waals surface area contributed by atoms with E-state index >= 15 is 0 Å². The summed E-state index contributed by atoms with van der Waals surface area (Å²) in [4.78, 5) is 4.61. The van der Waals surface area contributed by atoms with Crippen molar-refractivity contribution >= 4 is 5.69 Å². The first-order valence-corrected chi connectivity index (χ1v) is 6.70. The van der Waals surface area contributed by atoms with E-state index in [0.29, 0.717) is 12.0 Å². The van der Waals surface area contributed by atoms with Crippen molar-refractivity contribution in [1.82, 2.24) is 4.98 Å². The minimum atomic E-state index is 0.526. The topological polar surface area (TPSA) is 24.9 Å². The Morgan fingerprint density at radius 3 is 2.89 bits per heavy atom. The monoisotopic (exact) mass is 236 g/mol. The smallest absolute Gasteiger partial charge is 0.0487 e. The quantitative estimate of drug-likeness (QED) is 0.822. The Hall–Kier alpha value is -1.83. The lowest BCUT2D eigenvalue weighted by molar-refractivity contribution is 0.563. The molecule has 0 saturated heterocycles. The number of para-hydroxylation sites is 1. The van der Waals surface area contributed by atoms with Gasteiger partial charge in [0.15, 0.2) is 0 Å². The van der Waals surface area contributed by atoms with Crippen LogP contribution in [0.2, 0.25) is 0 Å².